The van der Waals surface area contributed by atoms with Crippen LogP contribution in [-0.2, 0) is 32.6 Å². The number of anilines is 1. The van der Waals surface area contributed by atoms with Crippen LogP contribution in [0, 0.1) is 20.8 Å². The molecular formula is C29H35N3O4S. The fourth-order valence-electron chi connectivity index (χ4n) is 4.22. The molecule has 8 heteroatoms. The van der Waals surface area contributed by atoms with E-state index in [2.05, 4.69) is 5.32 Å². The van der Waals surface area contributed by atoms with Crippen molar-refractivity contribution < 1.29 is 18.0 Å². The first-order valence-electron chi connectivity index (χ1n) is 12.1. The number of hydrogen-bond donors (Lipinski definition) is 1. The van der Waals surface area contributed by atoms with Gasteiger partial charge in [-0.15, -0.1) is 0 Å². The van der Waals surface area contributed by atoms with Crippen LogP contribution < -0.4 is 9.62 Å². The van der Waals surface area contributed by atoms with Gasteiger partial charge in [0.15, 0.2) is 0 Å². The third kappa shape index (κ3) is 7.43. The summed E-state index contributed by atoms with van der Waals surface area (Å²) in [6, 6.07) is 21.6. The van der Waals surface area contributed by atoms with Crippen molar-refractivity contribution in [3.8, 4) is 0 Å². The van der Waals surface area contributed by atoms with Crippen LogP contribution in [0.2, 0.25) is 0 Å². The molecule has 0 unspecified atom stereocenters. The molecule has 0 fully saturated rings. The second kappa shape index (κ2) is 12.1. The number of amides is 2. The van der Waals surface area contributed by atoms with Crippen LogP contribution in [0.25, 0.3) is 0 Å². The maximum absolute atomic E-state index is 13.9. The van der Waals surface area contributed by atoms with E-state index in [0.29, 0.717) is 12.1 Å². The van der Waals surface area contributed by atoms with Gasteiger partial charge in [0.2, 0.25) is 21.8 Å². The van der Waals surface area contributed by atoms with Gasteiger partial charge >= 0.3 is 0 Å². The van der Waals surface area contributed by atoms with E-state index in [1.807, 2.05) is 81.4 Å². The summed E-state index contributed by atoms with van der Waals surface area (Å²) in [6.45, 7) is 5.54. The van der Waals surface area contributed by atoms with Crippen molar-refractivity contribution in [1.29, 1.82) is 0 Å². The Morgan fingerprint density at radius 1 is 0.865 bits per heavy atom. The van der Waals surface area contributed by atoms with Gasteiger partial charge in [0.1, 0.15) is 12.6 Å². The molecule has 0 aromatic heterocycles. The lowest BCUT2D eigenvalue weighted by Gasteiger charge is -2.33. The molecule has 0 aliphatic rings. The largest absolute Gasteiger partial charge is 0.357 e. The number of likely N-dealkylation sites (N-methyl/N-ethyl adjacent to an activating group) is 1. The van der Waals surface area contributed by atoms with Crippen molar-refractivity contribution in [1.82, 2.24) is 10.2 Å². The van der Waals surface area contributed by atoms with Crippen LogP contribution in [0.1, 0.15) is 27.8 Å². The highest BCUT2D eigenvalue weighted by Crippen LogP contribution is 2.23. The molecule has 3 aromatic rings. The summed E-state index contributed by atoms with van der Waals surface area (Å²) in [4.78, 5) is 28.5. The zero-order valence-electron chi connectivity index (χ0n) is 22.1. The van der Waals surface area contributed by atoms with Crippen LogP contribution in [0.5, 0.6) is 0 Å². The van der Waals surface area contributed by atoms with Gasteiger partial charge in [-0.25, -0.2) is 8.42 Å². The topological polar surface area (TPSA) is 86.8 Å². The molecule has 196 valence electrons. The van der Waals surface area contributed by atoms with Crippen molar-refractivity contribution >= 4 is 27.5 Å². The third-order valence-corrected chi connectivity index (χ3v) is 7.55. The summed E-state index contributed by atoms with van der Waals surface area (Å²) in [5.74, 6) is -0.781. The molecule has 1 N–H and O–H groups in total. The van der Waals surface area contributed by atoms with Gasteiger partial charge in [0.05, 0.1) is 11.9 Å². The van der Waals surface area contributed by atoms with Crippen LogP contribution >= 0.6 is 0 Å². The van der Waals surface area contributed by atoms with Gasteiger partial charge in [-0.3, -0.25) is 13.9 Å². The first-order chi connectivity index (χ1) is 17.5. The first-order valence-corrected chi connectivity index (χ1v) is 14.0. The Kier molecular flexibility index (Phi) is 9.10. The summed E-state index contributed by atoms with van der Waals surface area (Å²) in [7, 11) is -2.25. The van der Waals surface area contributed by atoms with Crippen LogP contribution in [-0.4, -0.2) is 51.0 Å². The lowest BCUT2D eigenvalue weighted by atomic mass is 10.0. The minimum atomic E-state index is -3.78. The molecule has 3 aromatic carbocycles. The van der Waals surface area contributed by atoms with Crippen molar-refractivity contribution in [2.75, 3.05) is 24.2 Å². The Morgan fingerprint density at radius 3 is 2.14 bits per heavy atom. The minimum absolute atomic E-state index is 0.163. The summed E-state index contributed by atoms with van der Waals surface area (Å²) >= 11 is 0. The van der Waals surface area contributed by atoms with Crippen LogP contribution in [0.15, 0.2) is 72.8 Å². The number of benzene rings is 3. The average molecular weight is 522 g/mol. The van der Waals surface area contributed by atoms with E-state index in [1.165, 1.54) is 11.9 Å². The number of carbonyl (C=O) groups excluding carboxylic acids is 2. The maximum Gasteiger partial charge on any atom is 0.244 e. The van der Waals surface area contributed by atoms with Crippen molar-refractivity contribution in [2.45, 2.75) is 39.8 Å². The number of carbonyl (C=O) groups is 2. The zero-order chi connectivity index (χ0) is 27.2. The van der Waals surface area contributed by atoms with E-state index in [4.69, 9.17) is 0 Å². The number of nitrogens with zero attached hydrogens (tertiary/aromatic N) is 2. The fraction of sp³-hybridized carbons (Fsp3) is 0.310. The average Bonchev–Trinajstić information content (AvgIpc) is 2.86. The molecule has 0 radical (unpaired) electrons. The van der Waals surface area contributed by atoms with E-state index in [-0.39, 0.29) is 12.5 Å². The maximum atomic E-state index is 13.9. The number of sulfonamides is 1. The van der Waals surface area contributed by atoms with E-state index in [1.54, 1.807) is 12.1 Å². The predicted octanol–water partition coefficient (Wildman–Crippen LogP) is 3.76. The molecule has 0 saturated heterocycles. The highest BCUT2D eigenvalue weighted by molar-refractivity contribution is 7.92. The lowest BCUT2D eigenvalue weighted by Crippen LogP contribution is -2.52. The van der Waals surface area contributed by atoms with Gasteiger partial charge in [-0.2, -0.15) is 0 Å². The summed E-state index contributed by atoms with van der Waals surface area (Å²) < 4.78 is 26.7. The molecule has 0 heterocycles. The molecule has 7 nitrogen and oxygen atoms in total. The summed E-state index contributed by atoms with van der Waals surface area (Å²) in [5.41, 5.74) is 5.13. The van der Waals surface area contributed by atoms with Crippen molar-refractivity contribution in [2.24, 2.45) is 0 Å². The highest BCUT2D eigenvalue weighted by Gasteiger charge is 2.32. The van der Waals surface area contributed by atoms with Gasteiger partial charge < -0.3 is 10.2 Å². The second-order valence-electron chi connectivity index (χ2n) is 9.37. The molecular weight excluding hydrogens is 486 g/mol. The van der Waals surface area contributed by atoms with E-state index in [9.17, 15) is 18.0 Å². The van der Waals surface area contributed by atoms with Gasteiger partial charge in [0.25, 0.3) is 0 Å². The highest BCUT2D eigenvalue weighted by atomic mass is 32.2. The fourth-order valence-corrected chi connectivity index (χ4v) is 5.06. The minimum Gasteiger partial charge on any atom is -0.357 e. The first kappa shape index (κ1) is 27.9. The van der Waals surface area contributed by atoms with E-state index in [0.717, 1.165) is 38.4 Å². The Bertz CT molecular complexity index is 1360. The van der Waals surface area contributed by atoms with Crippen molar-refractivity contribution in [3.63, 3.8) is 0 Å². The number of rotatable bonds is 10. The van der Waals surface area contributed by atoms with Crippen LogP contribution in [0.3, 0.4) is 0 Å². The van der Waals surface area contributed by atoms with Crippen molar-refractivity contribution in [3.05, 3.63) is 101 Å². The monoisotopic (exact) mass is 521 g/mol. The van der Waals surface area contributed by atoms with E-state index < -0.39 is 28.5 Å². The number of aryl methyl sites for hydroxylation is 3. The van der Waals surface area contributed by atoms with Gasteiger partial charge in [-0.1, -0.05) is 66.2 Å². The predicted molar refractivity (Wildman–Crippen MR) is 148 cm³/mol. The van der Waals surface area contributed by atoms with Crippen LogP contribution in [0.4, 0.5) is 5.69 Å². The lowest BCUT2D eigenvalue weighted by molar-refractivity contribution is -0.139. The molecule has 0 aliphatic heterocycles. The summed E-state index contributed by atoms with van der Waals surface area (Å²) in [5, 5.41) is 2.68. The SMILES string of the molecule is CNC(=O)[C@H](Cc1ccccc1)N(Cc1cccc(C)c1)C(=O)CN(c1ccc(C)c(C)c1)S(C)(=O)=O. The molecule has 3 rings (SSSR count). The summed E-state index contributed by atoms with van der Waals surface area (Å²) in [6.07, 6.45) is 1.38. The zero-order valence-corrected chi connectivity index (χ0v) is 22.9. The van der Waals surface area contributed by atoms with Gasteiger partial charge in [0, 0.05) is 20.0 Å². The van der Waals surface area contributed by atoms with Gasteiger partial charge in [-0.05, 0) is 55.2 Å². The Morgan fingerprint density at radius 2 is 1.54 bits per heavy atom. The Balaban J connectivity index is 2.04. The second-order valence-corrected chi connectivity index (χ2v) is 11.3. The Hall–Kier alpha value is -3.65. The van der Waals surface area contributed by atoms with E-state index >= 15 is 0 Å². The molecule has 2 amide bonds. The Labute approximate surface area is 220 Å². The third-order valence-electron chi connectivity index (χ3n) is 6.41. The normalized spacial score (nSPS) is 12.0. The molecule has 37 heavy (non-hydrogen) atoms. The molecule has 0 aliphatic carbocycles. The smallest absolute Gasteiger partial charge is 0.244 e. The number of nitrogens with one attached hydrogen (secondary N) is 1. The molecule has 0 saturated carbocycles. The molecule has 0 spiro atoms. The standard InChI is InChI=1S/C29H35N3O4S/c1-21-10-9-13-25(16-21)19-31(27(29(34)30-4)18-24-11-7-6-8-12-24)28(33)20-32(37(5,35)36)26-15-14-22(2)23(3)17-26/h6-17,27H,18-20H2,1-5H3,(H,30,34)/t27-/m0/s1. The molecule has 0 bridgehead atoms. The quantitative estimate of drug-likeness (QED) is 0.440. The molecule has 1 atom stereocenters. The number of hydrogen-bond acceptors (Lipinski definition) is 4.